The maximum atomic E-state index is 2.21. The summed E-state index contributed by atoms with van der Waals surface area (Å²) in [4.78, 5) is 0. The molecule has 0 N–H and O–H groups in total. The van der Waals surface area contributed by atoms with Crippen molar-refractivity contribution in [1.29, 1.82) is 0 Å². The highest BCUT2D eigenvalue weighted by molar-refractivity contribution is 4.91. The maximum Gasteiger partial charge on any atom is -0.0377 e. The Morgan fingerprint density at radius 2 is 0.818 bits per heavy atom. The largest absolute Gasteiger partial charge is 0.0919 e. The van der Waals surface area contributed by atoms with E-state index in [2.05, 4.69) is 67.5 Å². The third-order valence-corrected chi connectivity index (χ3v) is 2.06. The highest BCUT2D eigenvalue weighted by atomic mass is 13.8. The molecule has 0 bridgehead atoms. The smallest absolute Gasteiger partial charge is 0.0377 e. The lowest BCUT2D eigenvalue weighted by molar-refractivity contribution is 0.886. The Morgan fingerprint density at radius 1 is 0.591 bits per heavy atom. The minimum absolute atomic E-state index is 0. The molecule has 0 radical (unpaired) electrons. The first-order valence-corrected chi connectivity index (χ1v) is 8.21. The zero-order valence-corrected chi connectivity index (χ0v) is 16.1. The van der Waals surface area contributed by atoms with Gasteiger partial charge in [-0.3, -0.25) is 0 Å². The van der Waals surface area contributed by atoms with Crippen LogP contribution in [0.4, 0.5) is 0 Å². The number of rotatable bonds is 3. The molecular formula is C22H50. The predicted molar refractivity (Wildman–Crippen MR) is 114 cm³/mol. The van der Waals surface area contributed by atoms with E-state index in [-0.39, 0.29) is 14.9 Å². The molecule has 0 aromatic rings. The molecular weight excluding hydrogens is 264 g/mol. The van der Waals surface area contributed by atoms with Crippen LogP contribution < -0.4 is 0 Å². The van der Waals surface area contributed by atoms with Crippen molar-refractivity contribution >= 4 is 0 Å². The van der Waals surface area contributed by atoms with E-state index in [1.807, 2.05) is 26.0 Å². The van der Waals surface area contributed by atoms with Crippen LogP contribution in [0.5, 0.6) is 0 Å². The van der Waals surface area contributed by atoms with Crippen LogP contribution in [0.15, 0.2) is 35.5 Å². The highest BCUT2D eigenvalue weighted by Crippen LogP contribution is 1.89. The van der Waals surface area contributed by atoms with Crippen molar-refractivity contribution in [2.45, 2.75) is 110 Å². The van der Waals surface area contributed by atoms with E-state index in [1.165, 1.54) is 36.8 Å². The van der Waals surface area contributed by atoms with Crippen molar-refractivity contribution in [3.63, 3.8) is 0 Å². The van der Waals surface area contributed by atoms with E-state index in [9.17, 15) is 0 Å². The van der Waals surface area contributed by atoms with Gasteiger partial charge < -0.3 is 0 Å². The Morgan fingerprint density at radius 3 is 0.818 bits per heavy atom. The summed E-state index contributed by atoms with van der Waals surface area (Å²) in [5, 5.41) is 0. The summed E-state index contributed by atoms with van der Waals surface area (Å²) in [5.74, 6) is 0. The molecule has 22 heavy (non-hydrogen) atoms. The van der Waals surface area contributed by atoms with Gasteiger partial charge in [-0.15, -0.1) is 0 Å². The summed E-state index contributed by atoms with van der Waals surface area (Å²) in [6.45, 7) is 21.1. The molecule has 0 rings (SSSR count). The molecule has 0 fully saturated rings. The average Bonchev–Trinajstić information content (AvgIpc) is 2.39. The first-order chi connectivity index (χ1) is 9.37. The van der Waals surface area contributed by atoms with E-state index in [1.54, 1.807) is 0 Å². The second kappa shape index (κ2) is 42.7. The molecule has 0 aliphatic carbocycles. The lowest BCUT2D eigenvalue weighted by Crippen LogP contribution is -1.58. The summed E-state index contributed by atoms with van der Waals surface area (Å²) in [6.07, 6.45) is 13.4. The summed E-state index contributed by atoms with van der Waals surface area (Å²) in [5.41, 5.74) is 2.83. The van der Waals surface area contributed by atoms with E-state index in [0.717, 1.165) is 0 Å². The highest BCUT2D eigenvalue weighted by Gasteiger charge is 1.68. The number of hydrogen-bond donors (Lipinski definition) is 0. The van der Waals surface area contributed by atoms with Gasteiger partial charge in [-0.1, -0.05) is 90.8 Å². The molecule has 0 atom stereocenters. The Kier molecular flexibility index (Phi) is 72.8. The van der Waals surface area contributed by atoms with Crippen molar-refractivity contribution in [1.82, 2.24) is 0 Å². The molecule has 0 aliphatic rings. The molecule has 0 saturated heterocycles. The Bertz CT molecular complexity index is 184. The van der Waals surface area contributed by atoms with Gasteiger partial charge >= 0.3 is 0 Å². The van der Waals surface area contributed by atoms with Crippen molar-refractivity contribution in [3.05, 3.63) is 35.5 Å². The van der Waals surface area contributed by atoms with Crippen LogP contribution in [0.25, 0.3) is 0 Å². The molecule has 0 saturated carbocycles. The van der Waals surface area contributed by atoms with Crippen molar-refractivity contribution < 1.29 is 0 Å². The van der Waals surface area contributed by atoms with Gasteiger partial charge in [0.25, 0.3) is 0 Å². The fraction of sp³-hybridized carbons (Fsp3) is 0.727. The number of allylic oxidation sites excluding steroid dienone is 6. The lowest BCUT2D eigenvalue weighted by atomic mass is 10.3. The van der Waals surface area contributed by atoms with Gasteiger partial charge in [-0.2, -0.15) is 0 Å². The summed E-state index contributed by atoms with van der Waals surface area (Å²) >= 11 is 0. The molecule has 0 aliphatic heterocycles. The first kappa shape index (κ1) is 37.5. The zero-order valence-electron chi connectivity index (χ0n) is 16.1. The minimum Gasteiger partial charge on any atom is -0.0919 e. The first-order valence-electron chi connectivity index (χ1n) is 8.21. The van der Waals surface area contributed by atoms with Crippen LogP contribution in [0.1, 0.15) is 110 Å². The fourth-order valence-electron chi connectivity index (χ4n) is 0.816. The van der Waals surface area contributed by atoms with Gasteiger partial charge in [0, 0.05) is 0 Å². The lowest BCUT2D eigenvalue weighted by Gasteiger charge is -1.80. The SMILES string of the molecule is C.C.CC=CC.CCC=C(C)C.CCC=C(C)C.CCCC. The molecule has 0 heterocycles. The molecule has 138 valence electrons. The van der Waals surface area contributed by atoms with Gasteiger partial charge in [-0.25, -0.2) is 0 Å². The quantitative estimate of drug-likeness (QED) is 0.455. The average molecular weight is 315 g/mol. The Hall–Kier alpha value is -0.780. The topological polar surface area (TPSA) is 0 Å². The van der Waals surface area contributed by atoms with Crippen LogP contribution in [0, 0.1) is 0 Å². The standard InChI is InChI=1S/2C6H12.C4H10.C4H8.2CH4/c2*1-4-5-6(2)3;2*1-3-4-2;;/h2*5H,4H2,1-3H3;3-4H2,1-2H3;3-4H,1-2H3;2*1H4. The summed E-state index contributed by atoms with van der Waals surface area (Å²) in [6, 6.07) is 0. The maximum absolute atomic E-state index is 2.21. The predicted octanol–water partition coefficient (Wildman–Crippen LogP) is 9.39. The van der Waals surface area contributed by atoms with Crippen LogP contribution in [0.2, 0.25) is 0 Å². The van der Waals surface area contributed by atoms with Gasteiger partial charge in [-0.05, 0) is 54.4 Å². The van der Waals surface area contributed by atoms with Gasteiger partial charge in [0.1, 0.15) is 0 Å². The number of unbranched alkanes of at least 4 members (excludes halogenated alkanes) is 1. The normalized spacial score (nSPS) is 7.36. The van der Waals surface area contributed by atoms with Crippen LogP contribution in [-0.4, -0.2) is 0 Å². The molecule has 0 aromatic carbocycles. The second-order valence-corrected chi connectivity index (χ2v) is 5.05. The fourth-order valence-corrected chi connectivity index (χ4v) is 0.816. The van der Waals surface area contributed by atoms with Crippen molar-refractivity contribution in [2.24, 2.45) is 0 Å². The van der Waals surface area contributed by atoms with E-state index < -0.39 is 0 Å². The van der Waals surface area contributed by atoms with Gasteiger partial charge in [0.15, 0.2) is 0 Å². The van der Waals surface area contributed by atoms with Crippen molar-refractivity contribution in [3.8, 4) is 0 Å². The minimum atomic E-state index is 0. The van der Waals surface area contributed by atoms with E-state index >= 15 is 0 Å². The van der Waals surface area contributed by atoms with Gasteiger partial charge in [0.05, 0.1) is 0 Å². The third-order valence-electron chi connectivity index (χ3n) is 2.06. The van der Waals surface area contributed by atoms with Crippen molar-refractivity contribution in [2.75, 3.05) is 0 Å². The molecule has 0 unspecified atom stereocenters. The Balaban J connectivity index is -0.0000000383. The van der Waals surface area contributed by atoms with E-state index in [4.69, 9.17) is 0 Å². The van der Waals surface area contributed by atoms with Crippen LogP contribution in [-0.2, 0) is 0 Å². The second-order valence-electron chi connectivity index (χ2n) is 5.05. The number of hydrogen-bond acceptors (Lipinski definition) is 0. The van der Waals surface area contributed by atoms with E-state index in [0.29, 0.717) is 0 Å². The molecule has 0 amide bonds. The summed E-state index contributed by atoms with van der Waals surface area (Å²) < 4.78 is 0. The van der Waals surface area contributed by atoms with Gasteiger partial charge in [0.2, 0.25) is 0 Å². The molecule has 0 nitrogen and oxygen atoms in total. The zero-order chi connectivity index (χ0) is 16.8. The molecule has 0 spiro atoms. The Labute approximate surface area is 145 Å². The van der Waals surface area contributed by atoms with Crippen LogP contribution in [0.3, 0.4) is 0 Å². The molecule has 0 heteroatoms. The summed E-state index contributed by atoms with van der Waals surface area (Å²) in [7, 11) is 0. The van der Waals surface area contributed by atoms with Crippen LogP contribution >= 0.6 is 0 Å². The third kappa shape index (κ3) is 122. The monoisotopic (exact) mass is 314 g/mol. The molecule has 0 aromatic heterocycles.